The molecule has 0 unspecified atom stereocenters. The fourth-order valence-corrected chi connectivity index (χ4v) is 2.66. The van der Waals surface area contributed by atoms with Crippen molar-refractivity contribution >= 4 is 6.01 Å². The van der Waals surface area contributed by atoms with Crippen molar-refractivity contribution in [2.24, 2.45) is 16.7 Å². The number of nitrogens with zero attached hydrogens (tertiary/aromatic N) is 2. The van der Waals surface area contributed by atoms with E-state index in [9.17, 15) is 0 Å². The molecule has 1 fully saturated rings. The minimum atomic E-state index is 0.382. The third kappa shape index (κ3) is 2.23. The van der Waals surface area contributed by atoms with Gasteiger partial charge in [-0.3, -0.25) is 0 Å². The lowest BCUT2D eigenvalue weighted by Crippen LogP contribution is -2.11. The molecule has 0 atom stereocenters. The minimum Gasteiger partial charge on any atom is -0.407 e. The average molecular weight is 252 g/mol. The molecule has 0 saturated heterocycles. The molecule has 1 saturated carbocycles. The van der Waals surface area contributed by atoms with Crippen molar-refractivity contribution in [1.29, 1.82) is 0 Å². The second-order valence-electron chi connectivity index (χ2n) is 6.16. The van der Waals surface area contributed by atoms with Crippen LogP contribution in [0.4, 0.5) is 6.01 Å². The molecule has 0 amide bonds. The summed E-state index contributed by atoms with van der Waals surface area (Å²) >= 11 is 0. The predicted octanol–water partition coefficient (Wildman–Crippen LogP) is 2.27. The maximum absolute atomic E-state index is 5.50. The van der Waals surface area contributed by atoms with Crippen molar-refractivity contribution < 1.29 is 4.42 Å². The van der Waals surface area contributed by atoms with Gasteiger partial charge in [-0.15, -0.1) is 5.10 Å². The van der Waals surface area contributed by atoms with Crippen LogP contribution in [0.3, 0.4) is 0 Å². The summed E-state index contributed by atoms with van der Waals surface area (Å²) in [4.78, 5) is 0. The van der Waals surface area contributed by atoms with E-state index in [4.69, 9.17) is 4.42 Å². The van der Waals surface area contributed by atoms with E-state index in [1.165, 1.54) is 0 Å². The normalized spacial score (nSPS) is 20.9. The van der Waals surface area contributed by atoms with Gasteiger partial charge in [0.1, 0.15) is 0 Å². The molecule has 1 aliphatic rings. The molecular formula is C13H24N4O. The second kappa shape index (κ2) is 4.53. The zero-order chi connectivity index (χ0) is 13.4. The molecule has 5 heteroatoms. The Morgan fingerprint density at radius 1 is 1.17 bits per heavy atom. The molecule has 5 nitrogen and oxygen atoms in total. The van der Waals surface area contributed by atoms with Gasteiger partial charge in [-0.2, -0.15) is 0 Å². The van der Waals surface area contributed by atoms with Crippen LogP contribution in [0.1, 0.15) is 40.5 Å². The predicted molar refractivity (Wildman–Crippen MR) is 71.2 cm³/mol. The van der Waals surface area contributed by atoms with Gasteiger partial charge in [0.15, 0.2) is 0 Å². The summed E-state index contributed by atoms with van der Waals surface area (Å²) in [5.41, 5.74) is 0.763. The number of hydrogen-bond donors (Lipinski definition) is 2. The third-order valence-corrected chi connectivity index (χ3v) is 4.77. The van der Waals surface area contributed by atoms with E-state index in [1.54, 1.807) is 0 Å². The van der Waals surface area contributed by atoms with Crippen LogP contribution in [-0.2, 0) is 6.54 Å². The van der Waals surface area contributed by atoms with Crippen LogP contribution >= 0.6 is 0 Å². The molecule has 0 aliphatic heterocycles. The van der Waals surface area contributed by atoms with Crippen molar-refractivity contribution in [3.05, 3.63) is 5.89 Å². The molecule has 0 spiro atoms. The van der Waals surface area contributed by atoms with Crippen LogP contribution in [-0.4, -0.2) is 23.3 Å². The van der Waals surface area contributed by atoms with Gasteiger partial charge in [0, 0.05) is 6.54 Å². The van der Waals surface area contributed by atoms with Gasteiger partial charge in [-0.1, -0.05) is 39.7 Å². The lowest BCUT2D eigenvalue weighted by molar-refractivity contribution is 0.457. The first-order valence-corrected chi connectivity index (χ1v) is 6.66. The molecule has 0 bridgehead atoms. The zero-order valence-corrected chi connectivity index (χ0v) is 12.0. The van der Waals surface area contributed by atoms with Gasteiger partial charge in [-0.05, 0) is 23.3 Å². The van der Waals surface area contributed by atoms with Crippen LogP contribution < -0.4 is 10.6 Å². The van der Waals surface area contributed by atoms with E-state index in [0.717, 1.165) is 13.1 Å². The first kappa shape index (κ1) is 13.3. The van der Waals surface area contributed by atoms with Gasteiger partial charge in [-0.25, -0.2) is 0 Å². The van der Waals surface area contributed by atoms with E-state index in [-0.39, 0.29) is 0 Å². The summed E-state index contributed by atoms with van der Waals surface area (Å²) in [6, 6.07) is 0.529. The summed E-state index contributed by atoms with van der Waals surface area (Å²) in [6.45, 7) is 13.7. The van der Waals surface area contributed by atoms with E-state index in [2.05, 4.69) is 48.5 Å². The maximum Gasteiger partial charge on any atom is 0.315 e. The Morgan fingerprint density at radius 3 is 2.39 bits per heavy atom. The molecule has 0 radical (unpaired) electrons. The van der Waals surface area contributed by atoms with Crippen LogP contribution in [0.15, 0.2) is 4.42 Å². The number of hydrogen-bond acceptors (Lipinski definition) is 5. The maximum atomic E-state index is 5.50. The van der Waals surface area contributed by atoms with Crippen molar-refractivity contribution in [2.75, 3.05) is 18.4 Å². The van der Waals surface area contributed by atoms with Crippen molar-refractivity contribution in [1.82, 2.24) is 15.5 Å². The molecule has 1 aromatic heterocycles. The number of rotatable bonds is 6. The quantitative estimate of drug-likeness (QED) is 0.813. The van der Waals surface area contributed by atoms with Gasteiger partial charge in [0.05, 0.1) is 6.54 Å². The van der Waals surface area contributed by atoms with Gasteiger partial charge < -0.3 is 15.1 Å². The SMILES string of the molecule is CCNCc1nnc(NCC2C(C)(C)C2(C)C)o1. The number of anilines is 1. The summed E-state index contributed by atoms with van der Waals surface area (Å²) in [5.74, 6) is 1.28. The smallest absolute Gasteiger partial charge is 0.315 e. The van der Waals surface area contributed by atoms with Crippen molar-refractivity contribution in [3.8, 4) is 0 Å². The summed E-state index contributed by atoms with van der Waals surface area (Å²) in [5, 5.41) is 14.4. The topological polar surface area (TPSA) is 63.0 Å². The van der Waals surface area contributed by atoms with Crippen LogP contribution in [0.25, 0.3) is 0 Å². The summed E-state index contributed by atoms with van der Waals surface area (Å²) in [6.07, 6.45) is 0. The average Bonchev–Trinajstić information content (AvgIpc) is 2.68. The van der Waals surface area contributed by atoms with E-state index in [0.29, 0.717) is 35.2 Å². The number of nitrogens with one attached hydrogen (secondary N) is 2. The zero-order valence-electron chi connectivity index (χ0n) is 12.0. The molecule has 18 heavy (non-hydrogen) atoms. The van der Waals surface area contributed by atoms with E-state index >= 15 is 0 Å². The lowest BCUT2D eigenvalue weighted by Gasteiger charge is -2.04. The molecule has 2 rings (SSSR count). The number of aromatic nitrogens is 2. The summed E-state index contributed by atoms with van der Waals surface area (Å²) < 4.78 is 5.50. The Balaban J connectivity index is 1.83. The molecule has 1 aromatic rings. The first-order chi connectivity index (χ1) is 8.39. The van der Waals surface area contributed by atoms with Crippen LogP contribution in [0.2, 0.25) is 0 Å². The highest BCUT2D eigenvalue weighted by Crippen LogP contribution is 2.68. The largest absolute Gasteiger partial charge is 0.407 e. The molecule has 102 valence electrons. The molecule has 2 N–H and O–H groups in total. The molecule has 1 aliphatic carbocycles. The van der Waals surface area contributed by atoms with Gasteiger partial charge in [0.2, 0.25) is 5.89 Å². The van der Waals surface area contributed by atoms with Crippen LogP contribution in [0, 0.1) is 16.7 Å². The first-order valence-electron chi connectivity index (χ1n) is 6.66. The monoisotopic (exact) mass is 252 g/mol. The Hall–Kier alpha value is -1.10. The standard InChI is InChI=1S/C13H24N4O/c1-6-14-8-10-16-17-11(18-10)15-7-9-12(2,3)13(9,4)5/h9,14H,6-8H2,1-5H3,(H,15,17). The fourth-order valence-electron chi connectivity index (χ4n) is 2.66. The van der Waals surface area contributed by atoms with Gasteiger partial charge in [0.25, 0.3) is 0 Å². The Bertz CT molecular complexity index is 397. The third-order valence-electron chi connectivity index (χ3n) is 4.77. The Morgan fingerprint density at radius 2 is 1.83 bits per heavy atom. The van der Waals surface area contributed by atoms with Crippen molar-refractivity contribution in [2.45, 2.75) is 41.2 Å². The highest BCUT2D eigenvalue weighted by molar-refractivity contribution is 5.22. The van der Waals surface area contributed by atoms with Crippen LogP contribution in [0.5, 0.6) is 0 Å². The summed E-state index contributed by atoms with van der Waals surface area (Å²) in [7, 11) is 0. The Labute approximate surface area is 109 Å². The van der Waals surface area contributed by atoms with Gasteiger partial charge >= 0.3 is 6.01 Å². The fraction of sp³-hybridized carbons (Fsp3) is 0.846. The van der Waals surface area contributed by atoms with E-state index in [1.807, 2.05) is 6.92 Å². The molecular weight excluding hydrogens is 228 g/mol. The lowest BCUT2D eigenvalue weighted by atomic mass is 10.0. The highest BCUT2D eigenvalue weighted by atomic mass is 16.4. The van der Waals surface area contributed by atoms with Crippen molar-refractivity contribution in [3.63, 3.8) is 0 Å². The molecule has 1 heterocycles. The molecule has 0 aromatic carbocycles. The van der Waals surface area contributed by atoms with E-state index < -0.39 is 0 Å². The second-order valence-corrected chi connectivity index (χ2v) is 6.16. The Kier molecular flexibility index (Phi) is 3.36. The highest BCUT2D eigenvalue weighted by Gasteiger charge is 2.64. The minimum absolute atomic E-state index is 0.382.